The quantitative estimate of drug-likeness (QED) is 0.421. The second-order valence-corrected chi connectivity index (χ2v) is 4.75. The van der Waals surface area contributed by atoms with Crippen molar-refractivity contribution in [3.05, 3.63) is 18.2 Å². The normalized spacial score (nSPS) is 10.8. The zero-order valence-electron chi connectivity index (χ0n) is 7.14. The summed E-state index contributed by atoms with van der Waals surface area (Å²) in [7, 11) is -1.44. The zero-order valence-corrected chi connectivity index (χ0v) is 8.85. The van der Waals surface area contributed by atoms with Crippen LogP contribution in [0.4, 0.5) is 5.69 Å². The van der Waals surface area contributed by atoms with E-state index in [0.717, 1.165) is 14.3 Å². The molecule has 0 saturated heterocycles. The van der Waals surface area contributed by atoms with Crippen molar-refractivity contribution in [1.82, 2.24) is 0 Å². The van der Waals surface area contributed by atoms with Crippen molar-refractivity contribution in [2.45, 2.75) is 4.21 Å². The van der Waals surface area contributed by atoms with Crippen LogP contribution in [-0.2, 0) is 0 Å². The second-order valence-electron chi connectivity index (χ2n) is 2.95. The number of thiophene rings is 1. The van der Waals surface area contributed by atoms with Crippen LogP contribution in [-0.4, -0.2) is 17.2 Å². The first-order valence-corrected chi connectivity index (χ1v) is 5.23. The van der Waals surface area contributed by atoms with E-state index in [1.54, 1.807) is 18.2 Å². The molecule has 0 spiro atoms. The van der Waals surface area contributed by atoms with E-state index in [4.69, 9.17) is 15.8 Å². The summed E-state index contributed by atoms with van der Waals surface area (Å²) in [5.41, 5.74) is 6.88. The van der Waals surface area contributed by atoms with Crippen molar-refractivity contribution in [2.24, 2.45) is 0 Å². The topological polar surface area (TPSA) is 66.5 Å². The fourth-order valence-corrected chi connectivity index (χ4v) is 2.61. The van der Waals surface area contributed by atoms with Gasteiger partial charge < -0.3 is 15.8 Å². The third kappa shape index (κ3) is 1.50. The van der Waals surface area contributed by atoms with Gasteiger partial charge >= 0.3 is 7.12 Å². The van der Waals surface area contributed by atoms with Gasteiger partial charge in [-0.05, 0) is 11.5 Å². The fourth-order valence-electron chi connectivity index (χ4n) is 1.28. The van der Waals surface area contributed by atoms with Crippen molar-refractivity contribution >= 4 is 52.3 Å². The molecule has 0 amide bonds. The molecule has 0 fully saturated rings. The summed E-state index contributed by atoms with van der Waals surface area (Å²) < 4.78 is 1.67. The molecule has 72 valence electrons. The Morgan fingerprint density at radius 3 is 2.71 bits per heavy atom. The minimum Gasteiger partial charge on any atom is -0.423 e. The van der Waals surface area contributed by atoms with Crippen molar-refractivity contribution in [3.63, 3.8) is 0 Å². The number of benzene rings is 1. The number of hydrogen-bond acceptors (Lipinski definition) is 5. The van der Waals surface area contributed by atoms with Gasteiger partial charge in [-0.3, -0.25) is 0 Å². The van der Waals surface area contributed by atoms with Crippen LogP contribution in [0.15, 0.2) is 22.4 Å². The smallest absolute Gasteiger partial charge is 0.423 e. The molecule has 0 aliphatic heterocycles. The lowest BCUT2D eigenvalue weighted by Gasteiger charge is -1.98. The van der Waals surface area contributed by atoms with E-state index in [1.807, 2.05) is 0 Å². The second kappa shape index (κ2) is 3.47. The van der Waals surface area contributed by atoms with Crippen LogP contribution < -0.4 is 11.2 Å². The van der Waals surface area contributed by atoms with Gasteiger partial charge in [0, 0.05) is 10.1 Å². The Kier molecular flexibility index (Phi) is 2.44. The Labute approximate surface area is 90.7 Å². The van der Waals surface area contributed by atoms with Gasteiger partial charge in [-0.25, -0.2) is 0 Å². The molecule has 4 N–H and O–H groups in total. The fraction of sp³-hybridized carbons (Fsp3) is 0. The Hall–Kier alpha value is -0.685. The average molecular weight is 225 g/mol. The minimum absolute atomic E-state index is 0.465. The maximum absolute atomic E-state index is 8.97. The van der Waals surface area contributed by atoms with E-state index in [9.17, 15) is 0 Å². The highest BCUT2D eigenvalue weighted by molar-refractivity contribution is 7.83. The number of hydrogen-bond donors (Lipinski definition) is 4. The predicted molar refractivity (Wildman–Crippen MR) is 63.3 cm³/mol. The van der Waals surface area contributed by atoms with Gasteiger partial charge in [0.25, 0.3) is 0 Å². The molecule has 0 aliphatic rings. The first-order valence-electron chi connectivity index (χ1n) is 3.96. The van der Waals surface area contributed by atoms with Crippen LogP contribution >= 0.6 is 24.0 Å². The average Bonchev–Trinajstić information content (AvgIpc) is 2.42. The van der Waals surface area contributed by atoms with Crippen molar-refractivity contribution < 1.29 is 10.0 Å². The van der Waals surface area contributed by atoms with Gasteiger partial charge in [-0.15, -0.1) is 24.0 Å². The van der Waals surface area contributed by atoms with E-state index in [-0.39, 0.29) is 0 Å². The van der Waals surface area contributed by atoms with Crippen LogP contribution in [0.25, 0.3) is 10.1 Å². The molecule has 0 bridgehead atoms. The molecular formula is C8H8BNO2S2. The highest BCUT2D eigenvalue weighted by atomic mass is 32.2. The number of nitrogen functional groups attached to an aromatic ring is 1. The van der Waals surface area contributed by atoms with Gasteiger partial charge in [-0.2, -0.15) is 0 Å². The summed E-state index contributed by atoms with van der Waals surface area (Å²) >= 11 is 5.64. The summed E-state index contributed by atoms with van der Waals surface area (Å²) in [5.74, 6) is 0. The Morgan fingerprint density at radius 2 is 2.07 bits per heavy atom. The SMILES string of the molecule is Nc1c(S)sc2cc(B(O)O)ccc12. The molecule has 1 heterocycles. The summed E-state index contributed by atoms with van der Waals surface area (Å²) in [4.78, 5) is 0. The first-order chi connectivity index (χ1) is 6.59. The lowest BCUT2D eigenvalue weighted by molar-refractivity contribution is 0.426. The zero-order chi connectivity index (χ0) is 10.3. The molecule has 1 aromatic heterocycles. The molecule has 2 rings (SSSR count). The number of nitrogens with two attached hydrogens (primary N) is 1. The van der Waals surface area contributed by atoms with E-state index >= 15 is 0 Å². The summed E-state index contributed by atoms with van der Waals surface area (Å²) in [5, 5.41) is 18.8. The van der Waals surface area contributed by atoms with E-state index in [2.05, 4.69) is 12.6 Å². The van der Waals surface area contributed by atoms with Crippen LogP contribution in [0.1, 0.15) is 0 Å². The lowest BCUT2D eigenvalue weighted by atomic mass is 9.80. The first kappa shape index (κ1) is 9.85. The summed E-state index contributed by atoms with van der Waals surface area (Å²) in [6, 6.07) is 5.12. The molecule has 2 aromatic rings. The van der Waals surface area contributed by atoms with Gasteiger partial charge in [-0.1, -0.05) is 12.1 Å². The van der Waals surface area contributed by atoms with E-state index in [0.29, 0.717) is 11.2 Å². The van der Waals surface area contributed by atoms with Crippen molar-refractivity contribution in [2.75, 3.05) is 5.73 Å². The number of thiol groups is 1. The highest BCUT2D eigenvalue weighted by Crippen LogP contribution is 2.35. The third-order valence-electron chi connectivity index (χ3n) is 2.03. The van der Waals surface area contributed by atoms with Crippen molar-refractivity contribution in [3.8, 4) is 0 Å². The van der Waals surface area contributed by atoms with Crippen molar-refractivity contribution in [1.29, 1.82) is 0 Å². The van der Waals surface area contributed by atoms with Gasteiger partial charge in [0.2, 0.25) is 0 Å². The Bertz CT molecular complexity index is 483. The molecule has 1 aromatic carbocycles. The van der Waals surface area contributed by atoms with Gasteiger partial charge in [0.15, 0.2) is 0 Å². The molecule has 14 heavy (non-hydrogen) atoms. The van der Waals surface area contributed by atoms with Crippen LogP contribution in [0.2, 0.25) is 0 Å². The highest BCUT2D eigenvalue weighted by Gasteiger charge is 2.13. The molecule has 0 radical (unpaired) electrons. The largest absolute Gasteiger partial charge is 0.488 e. The molecular weight excluding hydrogens is 217 g/mol. The number of anilines is 1. The van der Waals surface area contributed by atoms with Gasteiger partial charge in [0.1, 0.15) is 0 Å². The summed E-state index contributed by atoms with van der Waals surface area (Å²) in [6.07, 6.45) is 0. The molecule has 0 aliphatic carbocycles. The van der Waals surface area contributed by atoms with Crippen LogP contribution in [0, 0.1) is 0 Å². The molecule has 6 heteroatoms. The molecule has 3 nitrogen and oxygen atoms in total. The van der Waals surface area contributed by atoms with Crippen LogP contribution in [0.5, 0.6) is 0 Å². The van der Waals surface area contributed by atoms with Gasteiger partial charge in [0.05, 0.1) is 9.90 Å². The Morgan fingerprint density at radius 1 is 1.36 bits per heavy atom. The predicted octanol–water partition coefficient (Wildman–Crippen LogP) is 0.452. The number of rotatable bonds is 1. The molecule has 0 saturated carbocycles. The third-order valence-corrected chi connectivity index (χ3v) is 3.52. The number of fused-ring (bicyclic) bond motifs is 1. The summed E-state index contributed by atoms with van der Waals surface area (Å²) in [6.45, 7) is 0. The Balaban J connectivity index is 2.67. The van der Waals surface area contributed by atoms with E-state index in [1.165, 1.54) is 11.3 Å². The van der Waals surface area contributed by atoms with E-state index < -0.39 is 7.12 Å². The maximum atomic E-state index is 8.97. The molecule has 0 atom stereocenters. The van der Waals surface area contributed by atoms with Crippen LogP contribution in [0.3, 0.4) is 0 Å². The molecule has 0 unspecified atom stereocenters. The minimum atomic E-state index is -1.44. The monoisotopic (exact) mass is 225 g/mol. The standard InChI is InChI=1S/C8H8BNO2S2/c10-7-5-2-1-4(9(11)12)3-6(5)14-8(7)13/h1-3,11-13H,10H2. The lowest BCUT2D eigenvalue weighted by Crippen LogP contribution is -2.29. The maximum Gasteiger partial charge on any atom is 0.488 e.